The Morgan fingerprint density at radius 2 is 1.71 bits per heavy atom. The fourth-order valence-corrected chi connectivity index (χ4v) is 3.75. The largest absolute Gasteiger partial charge is 0.356 e. The Bertz CT molecular complexity index is 1290. The average Bonchev–Trinajstić information content (AvgIpc) is 2.80. The molecule has 2 amide bonds. The molecular weight excluding hydrogens is 432 g/mol. The molecule has 2 aromatic carbocycles. The summed E-state index contributed by atoms with van der Waals surface area (Å²) in [6, 6.07) is 14.2. The highest BCUT2D eigenvalue weighted by Crippen LogP contribution is 2.11. The number of rotatable bonds is 10. The van der Waals surface area contributed by atoms with Crippen molar-refractivity contribution in [2.24, 2.45) is 5.92 Å². The van der Waals surface area contributed by atoms with Gasteiger partial charge in [0.2, 0.25) is 11.8 Å². The molecule has 0 aliphatic carbocycles. The fraction of sp³-hybridized carbons (Fsp3) is 0.385. The van der Waals surface area contributed by atoms with Gasteiger partial charge in [0, 0.05) is 25.2 Å². The second kappa shape index (κ2) is 11.4. The number of hydrogen-bond donors (Lipinski definition) is 2. The first-order valence-electron chi connectivity index (χ1n) is 11.6. The van der Waals surface area contributed by atoms with Crippen molar-refractivity contribution in [1.29, 1.82) is 0 Å². The van der Waals surface area contributed by atoms with Crippen LogP contribution in [0.25, 0.3) is 10.9 Å². The third-order valence-electron chi connectivity index (χ3n) is 5.48. The Labute approximate surface area is 198 Å². The molecule has 8 heteroatoms. The number of aromatic nitrogens is 2. The molecule has 0 fully saturated rings. The van der Waals surface area contributed by atoms with Crippen LogP contribution < -0.4 is 21.9 Å². The van der Waals surface area contributed by atoms with E-state index in [1.807, 2.05) is 39.0 Å². The molecule has 180 valence electrons. The SMILES string of the molecule is Cc1cccc(NC(=O)Cn2c(=O)n(CCCCC(=O)NCC(C)C)c(=O)c3ccccc32)c1. The summed E-state index contributed by atoms with van der Waals surface area (Å²) in [5.41, 5.74) is 1.15. The molecule has 0 saturated carbocycles. The first-order valence-corrected chi connectivity index (χ1v) is 11.6. The topological polar surface area (TPSA) is 102 Å². The molecule has 34 heavy (non-hydrogen) atoms. The Balaban J connectivity index is 1.78. The molecule has 0 bridgehead atoms. The maximum atomic E-state index is 13.2. The van der Waals surface area contributed by atoms with Crippen LogP contribution in [-0.4, -0.2) is 27.5 Å². The maximum absolute atomic E-state index is 13.2. The molecule has 0 spiro atoms. The van der Waals surface area contributed by atoms with Crippen molar-refractivity contribution in [1.82, 2.24) is 14.5 Å². The molecule has 1 heterocycles. The van der Waals surface area contributed by atoms with E-state index in [-0.39, 0.29) is 30.5 Å². The highest BCUT2D eigenvalue weighted by atomic mass is 16.2. The van der Waals surface area contributed by atoms with Gasteiger partial charge in [0.25, 0.3) is 5.56 Å². The normalized spacial score (nSPS) is 11.1. The summed E-state index contributed by atoms with van der Waals surface area (Å²) in [7, 11) is 0. The zero-order valence-corrected chi connectivity index (χ0v) is 20.0. The van der Waals surface area contributed by atoms with E-state index in [4.69, 9.17) is 0 Å². The minimum Gasteiger partial charge on any atom is -0.356 e. The van der Waals surface area contributed by atoms with E-state index in [1.54, 1.807) is 30.3 Å². The van der Waals surface area contributed by atoms with Crippen LogP contribution >= 0.6 is 0 Å². The van der Waals surface area contributed by atoms with Gasteiger partial charge in [-0.15, -0.1) is 0 Å². The molecule has 0 atom stereocenters. The summed E-state index contributed by atoms with van der Waals surface area (Å²) in [5, 5.41) is 6.05. The van der Waals surface area contributed by atoms with Gasteiger partial charge in [0.1, 0.15) is 6.54 Å². The number of amides is 2. The number of aryl methyl sites for hydroxylation is 1. The van der Waals surface area contributed by atoms with Crippen molar-refractivity contribution in [2.45, 2.75) is 53.1 Å². The van der Waals surface area contributed by atoms with Crippen molar-refractivity contribution in [3.8, 4) is 0 Å². The van der Waals surface area contributed by atoms with Gasteiger partial charge in [-0.05, 0) is 55.5 Å². The number of unbranched alkanes of at least 4 members (excludes halogenated alkanes) is 1. The van der Waals surface area contributed by atoms with Crippen LogP contribution in [0.5, 0.6) is 0 Å². The predicted octanol–water partition coefficient (Wildman–Crippen LogP) is 3.05. The lowest BCUT2D eigenvalue weighted by molar-refractivity contribution is -0.121. The molecule has 2 N–H and O–H groups in total. The number of fused-ring (bicyclic) bond motifs is 1. The number of benzene rings is 2. The van der Waals surface area contributed by atoms with Crippen LogP contribution in [-0.2, 0) is 22.7 Å². The van der Waals surface area contributed by atoms with Gasteiger partial charge >= 0.3 is 5.69 Å². The van der Waals surface area contributed by atoms with Crippen molar-refractivity contribution in [3.05, 3.63) is 74.9 Å². The van der Waals surface area contributed by atoms with Crippen LogP contribution in [0.3, 0.4) is 0 Å². The standard InChI is InChI=1S/C26H32N4O4/c1-18(2)16-27-23(31)13-6-7-14-29-25(33)21-11-4-5-12-22(21)30(26(29)34)17-24(32)28-20-10-8-9-19(3)15-20/h4-5,8-12,15,18H,6-7,13-14,16-17H2,1-3H3,(H,27,31)(H,28,32). The van der Waals surface area contributed by atoms with Gasteiger partial charge < -0.3 is 10.6 Å². The summed E-state index contributed by atoms with van der Waals surface area (Å²) in [4.78, 5) is 50.9. The first-order chi connectivity index (χ1) is 16.3. The molecule has 0 aliphatic rings. The van der Waals surface area contributed by atoms with Crippen molar-refractivity contribution < 1.29 is 9.59 Å². The number of anilines is 1. The van der Waals surface area contributed by atoms with Gasteiger partial charge in [-0.1, -0.05) is 38.1 Å². The molecule has 0 unspecified atom stereocenters. The third-order valence-corrected chi connectivity index (χ3v) is 5.48. The summed E-state index contributed by atoms with van der Waals surface area (Å²) in [5.74, 6) is -0.0172. The smallest absolute Gasteiger partial charge is 0.331 e. The molecular formula is C26H32N4O4. The number of nitrogens with zero attached hydrogens (tertiary/aromatic N) is 2. The third kappa shape index (κ3) is 6.43. The lowest BCUT2D eigenvalue weighted by Crippen LogP contribution is -2.41. The summed E-state index contributed by atoms with van der Waals surface area (Å²) >= 11 is 0. The number of carbonyl (C=O) groups is 2. The van der Waals surface area contributed by atoms with Gasteiger partial charge in [-0.3, -0.25) is 23.5 Å². The number of para-hydroxylation sites is 1. The highest BCUT2D eigenvalue weighted by Gasteiger charge is 2.15. The molecule has 1 aromatic heterocycles. The van der Waals surface area contributed by atoms with Crippen LogP contribution in [0.2, 0.25) is 0 Å². The quantitative estimate of drug-likeness (QED) is 0.450. The highest BCUT2D eigenvalue weighted by molar-refractivity contribution is 5.91. The lowest BCUT2D eigenvalue weighted by Gasteiger charge is -2.14. The minimum atomic E-state index is -0.535. The summed E-state index contributed by atoms with van der Waals surface area (Å²) < 4.78 is 2.49. The van der Waals surface area contributed by atoms with Gasteiger partial charge in [0.05, 0.1) is 10.9 Å². The van der Waals surface area contributed by atoms with Crippen LogP contribution in [0, 0.1) is 12.8 Å². The van der Waals surface area contributed by atoms with E-state index in [0.717, 1.165) is 10.1 Å². The number of nitrogens with one attached hydrogen (secondary N) is 2. The zero-order chi connectivity index (χ0) is 24.7. The lowest BCUT2D eigenvalue weighted by atomic mass is 10.2. The molecule has 0 aliphatic heterocycles. The number of hydrogen-bond acceptors (Lipinski definition) is 4. The van der Waals surface area contributed by atoms with Gasteiger partial charge in [-0.25, -0.2) is 4.79 Å². The van der Waals surface area contributed by atoms with Crippen LogP contribution in [0.1, 0.15) is 38.7 Å². The Hall–Kier alpha value is -3.68. The number of carbonyl (C=O) groups excluding carboxylic acids is 2. The average molecular weight is 465 g/mol. The predicted molar refractivity (Wildman–Crippen MR) is 134 cm³/mol. The van der Waals surface area contributed by atoms with E-state index < -0.39 is 5.69 Å². The van der Waals surface area contributed by atoms with Crippen molar-refractivity contribution in [2.75, 3.05) is 11.9 Å². The zero-order valence-electron chi connectivity index (χ0n) is 20.0. The molecule has 3 aromatic rings. The summed E-state index contributed by atoms with van der Waals surface area (Å²) in [6.07, 6.45) is 1.39. The van der Waals surface area contributed by atoms with Gasteiger partial charge in [0.15, 0.2) is 0 Å². The second-order valence-corrected chi connectivity index (χ2v) is 8.92. The van der Waals surface area contributed by atoms with E-state index in [0.29, 0.717) is 48.3 Å². The molecule has 3 rings (SSSR count). The maximum Gasteiger partial charge on any atom is 0.331 e. The Kier molecular flexibility index (Phi) is 8.40. The minimum absolute atomic E-state index is 0.0372. The first kappa shape index (κ1) is 25.0. The second-order valence-electron chi connectivity index (χ2n) is 8.92. The Morgan fingerprint density at radius 3 is 2.44 bits per heavy atom. The van der Waals surface area contributed by atoms with E-state index in [1.165, 1.54) is 4.57 Å². The van der Waals surface area contributed by atoms with E-state index >= 15 is 0 Å². The van der Waals surface area contributed by atoms with Gasteiger partial charge in [-0.2, -0.15) is 0 Å². The molecule has 0 radical (unpaired) electrons. The fourth-order valence-electron chi connectivity index (χ4n) is 3.75. The van der Waals surface area contributed by atoms with Crippen molar-refractivity contribution in [3.63, 3.8) is 0 Å². The van der Waals surface area contributed by atoms with Crippen LogP contribution in [0.4, 0.5) is 5.69 Å². The van der Waals surface area contributed by atoms with E-state index in [2.05, 4.69) is 10.6 Å². The monoisotopic (exact) mass is 464 g/mol. The van der Waals surface area contributed by atoms with Crippen LogP contribution in [0.15, 0.2) is 58.1 Å². The molecule has 0 saturated heterocycles. The van der Waals surface area contributed by atoms with Crippen molar-refractivity contribution >= 4 is 28.4 Å². The van der Waals surface area contributed by atoms with E-state index in [9.17, 15) is 19.2 Å². The summed E-state index contributed by atoms with van der Waals surface area (Å²) in [6.45, 7) is 6.57. The molecule has 8 nitrogen and oxygen atoms in total. The Morgan fingerprint density at radius 1 is 0.941 bits per heavy atom.